The Bertz CT molecular complexity index is 1820. The molecule has 0 unspecified atom stereocenters. The number of hydrogen-bond donors (Lipinski definition) is 1. The number of aromatic nitrogens is 2. The lowest BCUT2D eigenvalue weighted by Crippen LogP contribution is -2.46. The lowest BCUT2D eigenvalue weighted by molar-refractivity contribution is 0.815. The zero-order valence-electron chi connectivity index (χ0n) is 21.8. The summed E-state index contributed by atoms with van der Waals surface area (Å²) in [5, 5.41) is 9.28. The molecular weight excluding hydrogens is 584 g/mol. The van der Waals surface area contributed by atoms with Crippen LogP contribution in [0.2, 0.25) is 5.02 Å². The van der Waals surface area contributed by atoms with Crippen LogP contribution in [0.25, 0.3) is 5.69 Å². The van der Waals surface area contributed by atoms with Crippen molar-refractivity contribution >= 4 is 62.1 Å². The molecule has 0 bridgehead atoms. The Morgan fingerprint density at radius 1 is 0.800 bits per heavy atom. The molecule has 2 aliphatic rings. The van der Waals surface area contributed by atoms with E-state index < -0.39 is 0 Å². The van der Waals surface area contributed by atoms with Crippen LogP contribution in [0.4, 0.5) is 22.9 Å². The number of aliphatic imine (C=N–C) groups is 2. The lowest BCUT2D eigenvalue weighted by atomic mass is 9.93. The van der Waals surface area contributed by atoms with Crippen molar-refractivity contribution in [3.63, 3.8) is 0 Å². The SMILES string of the molecule is Cc1ccccc1-n1nc(C)c2c1N=C1C(Nc3ccc(Br)cc3)=Nc3ccccc3N1[C@@H]2c1ccc(Cl)cc1. The van der Waals surface area contributed by atoms with Crippen LogP contribution in [0.15, 0.2) is 112 Å². The van der Waals surface area contributed by atoms with Crippen molar-refractivity contribution in [1.29, 1.82) is 0 Å². The number of nitrogens with one attached hydrogen (secondary N) is 1. The van der Waals surface area contributed by atoms with Gasteiger partial charge in [0, 0.05) is 20.7 Å². The van der Waals surface area contributed by atoms with Crippen molar-refractivity contribution in [2.24, 2.45) is 9.98 Å². The van der Waals surface area contributed by atoms with Gasteiger partial charge in [0.15, 0.2) is 17.5 Å². The van der Waals surface area contributed by atoms with Crippen LogP contribution in [-0.2, 0) is 0 Å². The minimum absolute atomic E-state index is 0.198. The molecule has 1 aromatic heterocycles. The van der Waals surface area contributed by atoms with Gasteiger partial charge in [0.25, 0.3) is 0 Å². The topological polar surface area (TPSA) is 57.8 Å². The molecule has 3 heterocycles. The molecule has 196 valence electrons. The third-order valence-electron chi connectivity index (χ3n) is 7.27. The number of hydrogen-bond acceptors (Lipinski definition) is 5. The minimum Gasteiger partial charge on any atom is -0.337 e. The standard InChI is InChI=1S/C32H24BrClN6/c1-19-7-3-5-9-26(19)40-31-28(20(2)38-40)29(21-11-15-23(34)16-12-21)39-27-10-6-4-8-25(27)36-30(32(39)37-31)35-24-17-13-22(33)14-18-24/h3-18,29H,1-2H3,(H,35,36)/t29-/m1/s1. The van der Waals surface area contributed by atoms with Gasteiger partial charge in [-0.2, -0.15) is 5.10 Å². The largest absolute Gasteiger partial charge is 0.337 e. The number of para-hydroxylation sites is 3. The Hall–Kier alpha value is -4.20. The first-order chi connectivity index (χ1) is 19.5. The summed E-state index contributed by atoms with van der Waals surface area (Å²) in [7, 11) is 0. The van der Waals surface area contributed by atoms with Crippen molar-refractivity contribution in [1.82, 2.24) is 9.78 Å². The number of fused-ring (bicyclic) bond motifs is 4. The predicted molar refractivity (Wildman–Crippen MR) is 167 cm³/mol. The third-order valence-corrected chi connectivity index (χ3v) is 8.06. The minimum atomic E-state index is -0.198. The number of halogens is 2. The fourth-order valence-electron chi connectivity index (χ4n) is 5.40. The van der Waals surface area contributed by atoms with Crippen LogP contribution >= 0.6 is 27.5 Å². The Kier molecular flexibility index (Phi) is 6.06. The molecule has 0 amide bonds. The van der Waals surface area contributed by atoms with Crippen LogP contribution in [0.5, 0.6) is 0 Å². The molecule has 7 rings (SSSR count). The number of anilines is 2. The molecule has 6 nitrogen and oxygen atoms in total. The highest BCUT2D eigenvalue weighted by Gasteiger charge is 2.41. The number of amidine groups is 2. The van der Waals surface area contributed by atoms with Crippen LogP contribution in [0, 0.1) is 13.8 Å². The van der Waals surface area contributed by atoms with E-state index in [2.05, 4.69) is 70.3 Å². The summed E-state index contributed by atoms with van der Waals surface area (Å²) in [6.07, 6.45) is 0. The van der Waals surface area contributed by atoms with E-state index in [0.29, 0.717) is 10.9 Å². The summed E-state index contributed by atoms with van der Waals surface area (Å²) in [5.41, 5.74) is 7.94. The van der Waals surface area contributed by atoms with Gasteiger partial charge >= 0.3 is 0 Å². The van der Waals surface area contributed by atoms with Crippen molar-refractivity contribution in [3.8, 4) is 5.69 Å². The maximum absolute atomic E-state index is 6.34. The lowest BCUT2D eigenvalue weighted by Gasteiger charge is -2.40. The van der Waals surface area contributed by atoms with Crippen molar-refractivity contribution < 1.29 is 0 Å². The number of aryl methyl sites for hydroxylation is 2. The van der Waals surface area contributed by atoms with Gasteiger partial charge in [-0.05, 0) is 79.6 Å². The molecule has 40 heavy (non-hydrogen) atoms. The number of benzene rings is 4. The first-order valence-electron chi connectivity index (χ1n) is 13.0. The van der Waals surface area contributed by atoms with Gasteiger partial charge in [-0.3, -0.25) is 0 Å². The average molecular weight is 608 g/mol. The van der Waals surface area contributed by atoms with Gasteiger partial charge in [0.2, 0.25) is 0 Å². The van der Waals surface area contributed by atoms with E-state index in [1.165, 1.54) is 0 Å². The van der Waals surface area contributed by atoms with E-state index in [1.54, 1.807) is 0 Å². The molecule has 4 aromatic carbocycles. The molecule has 1 N–H and O–H groups in total. The second kappa shape index (κ2) is 9.77. The van der Waals surface area contributed by atoms with Crippen LogP contribution < -0.4 is 10.2 Å². The first kappa shape index (κ1) is 24.8. The highest BCUT2D eigenvalue weighted by molar-refractivity contribution is 9.10. The van der Waals surface area contributed by atoms with Crippen LogP contribution in [0.3, 0.4) is 0 Å². The van der Waals surface area contributed by atoms with E-state index in [1.807, 2.05) is 71.4 Å². The monoisotopic (exact) mass is 606 g/mol. The zero-order chi connectivity index (χ0) is 27.4. The highest BCUT2D eigenvalue weighted by Crippen LogP contribution is 2.48. The molecule has 0 saturated heterocycles. The highest BCUT2D eigenvalue weighted by atomic mass is 79.9. The summed E-state index contributed by atoms with van der Waals surface area (Å²) in [4.78, 5) is 12.6. The predicted octanol–water partition coefficient (Wildman–Crippen LogP) is 8.70. The number of nitrogens with zero attached hydrogens (tertiary/aromatic N) is 5. The van der Waals surface area contributed by atoms with Crippen LogP contribution in [-0.4, -0.2) is 21.5 Å². The van der Waals surface area contributed by atoms with Gasteiger partial charge in [0.05, 0.1) is 28.8 Å². The molecule has 0 radical (unpaired) electrons. The Morgan fingerprint density at radius 3 is 2.25 bits per heavy atom. The summed E-state index contributed by atoms with van der Waals surface area (Å²) in [6.45, 7) is 4.15. The molecule has 0 aliphatic carbocycles. The molecule has 1 atom stereocenters. The fraction of sp³-hybridized carbons (Fsp3) is 0.0938. The van der Waals surface area contributed by atoms with Gasteiger partial charge < -0.3 is 10.2 Å². The first-order valence-corrected chi connectivity index (χ1v) is 14.1. The van der Waals surface area contributed by atoms with E-state index >= 15 is 0 Å². The fourth-order valence-corrected chi connectivity index (χ4v) is 5.79. The van der Waals surface area contributed by atoms with Crippen molar-refractivity contribution in [3.05, 3.63) is 129 Å². The van der Waals surface area contributed by atoms with E-state index in [-0.39, 0.29) is 6.04 Å². The third kappa shape index (κ3) is 4.13. The second-order valence-corrected chi connectivity index (χ2v) is 11.2. The molecule has 0 saturated carbocycles. The Balaban J connectivity index is 1.50. The van der Waals surface area contributed by atoms with Gasteiger partial charge in [-0.25, -0.2) is 14.7 Å². The molecule has 2 aliphatic heterocycles. The maximum atomic E-state index is 6.34. The molecule has 0 fully saturated rings. The normalized spacial score (nSPS) is 15.5. The summed E-state index contributed by atoms with van der Waals surface area (Å²) in [5.74, 6) is 2.19. The van der Waals surface area contributed by atoms with E-state index in [0.717, 1.165) is 61.3 Å². The van der Waals surface area contributed by atoms with Crippen molar-refractivity contribution in [2.45, 2.75) is 19.9 Å². The van der Waals surface area contributed by atoms with E-state index in [9.17, 15) is 0 Å². The van der Waals surface area contributed by atoms with Gasteiger partial charge in [-0.15, -0.1) is 0 Å². The van der Waals surface area contributed by atoms with Gasteiger partial charge in [-0.1, -0.05) is 70.0 Å². The van der Waals surface area contributed by atoms with Crippen LogP contribution in [0.1, 0.15) is 28.4 Å². The Labute approximate surface area is 245 Å². The smallest absolute Gasteiger partial charge is 0.179 e. The summed E-state index contributed by atoms with van der Waals surface area (Å²) in [6, 6.07) is 32.3. The number of rotatable bonds is 3. The van der Waals surface area contributed by atoms with E-state index in [4.69, 9.17) is 26.7 Å². The summed E-state index contributed by atoms with van der Waals surface area (Å²) >= 11 is 9.87. The Morgan fingerprint density at radius 2 is 1.50 bits per heavy atom. The summed E-state index contributed by atoms with van der Waals surface area (Å²) < 4.78 is 2.97. The molecular formula is C32H24BrClN6. The second-order valence-electron chi connectivity index (χ2n) is 9.86. The maximum Gasteiger partial charge on any atom is 0.179 e. The quantitative estimate of drug-likeness (QED) is 0.223. The molecule has 5 aromatic rings. The average Bonchev–Trinajstić information content (AvgIpc) is 3.29. The molecule has 0 spiro atoms. The zero-order valence-corrected chi connectivity index (χ0v) is 24.1. The molecule has 8 heteroatoms. The van der Waals surface area contributed by atoms with Gasteiger partial charge in [0.1, 0.15) is 0 Å². The van der Waals surface area contributed by atoms with Crippen molar-refractivity contribution in [2.75, 3.05) is 10.2 Å².